The van der Waals surface area contributed by atoms with Crippen LogP contribution in [0.15, 0.2) is 42.6 Å². The molecule has 0 unspecified atom stereocenters. The van der Waals surface area contributed by atoms with E-state index in [2.05, 4.69) is 35.1 Å². The van der Waals surface area contributed by atoms with Gasteiger partial charge >= 0.3 is 0 Å². The van der Waals surface area contributed by atoms with Crippen LogP contribution in [0.4, 0.5) is 5.69 Å². The Bertz CT molecular complexity index is 477. The minimum atomic E-state index is 0.827. The lowest BCUT2D eigenvalue weighted by Gasteiger charge is -2.10. The monoisotopic (exact) mass is 230 g/mol. The number of rotatable bonds is 5. The van der Waals surface area contributed by atoms with Gasteiger partial charge in [0.15, 0.2) is 0 Å². The maximum absolute atomic E-state index is 5.19. The quantitative estimate of drug-likeness (QED) is 0.854. The smallest absolute Gasteiger partial charge is 0.120 e. The summed E-state index contributed by atoms with van der Waals surface area (Å²) in [5, 5.41) is 3.40. The first-order chi connectivity index (χ1) is 8.33. The number of methoxy groups -OCH3 is 1. The average Bonchev–Trinajstić information content (AvgIpc) is 2.84. The standard InChI is InChI=1S/C14H18N2O/c1-3-16-9-5-7-13(16)11-15-12-6-4-8-14(10-12)17-2/h4-10,15H,3,11H2,1-2H3. The summed E-state index contributed by atoms with van der Waals surface area (Å²) in [6.45, 7) is 3.98. The first kappa shape index (κ1) is 11.6. The molecule has 0 radical (unpaired) electrons. The Morgan fingerprint density at radius 3 is 2.88 bits per heavy atom. The lowest BCUT2D eigenvalue weighted by Crippen LogP contribution is -2.05. The number of aromatic nitrogens is 1. The van der Waals surface area contributed by atoms with E-state index in [1.54, 1.807) is 7.11 Å². The molecule has 2 aromatic rings. The van der Waals surface area contributed by atoms with Crippen LogP contribution >= 0.6 is 0 Å². The number of ether oxygens (including phenoxy) is 1. The lowest BCUT2D eigenvalue weighted by molar-refractivity contribution is 0.415. The zero-order valence-electron chi connectivity index (χ0n) is 10.3. The van der Waals surface area contributed by atoms with E-state index >= 15 is 0 Å². The molecule has 1 aromatic heterocycles. The Kier molecular flexibility index (Phi) is 3.70. The number of hydrogen-bond donors (Lipinski definition) is 1. The second-order valence-electron chi connectivity index (χ2n) is 3.87. The number of nitrogens with one attached hydrogen (secondary N) is 1. The van der Waals surface area contributed by atoms with Crippen molar-refractivity contribution in [2.24, 2.45) is 0 Å². The van der Waals surface area contributed by atoms with Crippen molar-refractivity contribution in [3.63, 3.8) is 0 Å². The molecule has 0 bridgehead atoms. The van der Waals surface area contributed by atoms with Crippen molar-refractivity contribution in [3.8, 4) is 5.75 Å². The molecule has 0 fully saturated rings. The lowest BCUT2D eigenvalue weighted by atomic mass is 10.3. The molecular weight excluding hydrogens is 212 g/mol. The zero-order chi connectivity index (χ0) is 12.1. The summed E-state index contributed by atoms with van der Waals surface area (Å²) in [5.74, 6) is 0.876. The van der Waals surface area contributed by atoms with Crippen LogP contribution in [0.3, 0.4) is 0 Å². The third-order valence-electron chi connectivity index (χ3n) is 2.81. The first-order valence-electron chi connectivity index (χ1n) is 5.85. The number of nitrogens with zero attached hydrogens (tertiary/aromatic N) is 1. The molecule has 0 atom stereocenters. The average molecular weight is 230 g/mol. The summed E-state index contributed by atoms with van der Waals surface area (Å²) in [7, 11) is 1.68. The highest BCUT2D eigenvalue weighted by Crippen LogP contribution is 2.17. The van der Waals surface area contributed by atoms with Gasteiger partial charge in [-0.25, -0.2) is 0 Å². The van der Waals surface area contributed by atoms with Gasteiger partial charge in [-0.1, -0.05) is 6.07 Å². The molecule has 90 valence electrons. The van der Waals surface area contributed by atoms with E-state index in [1.807, 2.05) is 24.3 Å². The molecule has 0 saturated heterocycles. The summed E-state index contributed by atoms with van der Waals surface area (Å²) in [4.78, 5) is 0. The number of anilines is 1. The maximum Gasteiger partial charge on any atom is 0.120 e. The fourth-order valence-electron chi connectivity index (χ4n) is 1.84. The van der Waals surface area contributed by atoms with Gasteiger partial charge in [-0.05, 0) is 31.2 Å². The van der Waals surface area contributed by atoms with Gasteiger partial charge in [-0.2, -0.15) is 0 Å². The third-order valence-corrected chi connectivity index (χ3v) is 2.81. The summed E-state index contributed by atoms with van der Waals surface area (Å²) < 4.78 is 7.42. The maximum atomic E-state index is 5.19. The van der Waals surface area contributed by atoms with E-state index in [9.17, 15) is 0 Å². The summed E-state index contributed by atoms with van der Waals surface area (Å²) in [6.07, 6.45) is 2.10. The van der Waals surface area contributed by atoms with Crippen molar-refractivity contribution in [1.29, 1.82) is 0 Å². The molecule has 1 heterocycles. The van der Waals surface area contributed by atoms with E-state index in [-0.39, 0.29) is 0 Å². The van der Waals surface area contributed by atoms with Crippen LogP contribution in [0.1, 0.15) is 12.6 Å². The Hall–Kier alpha value is -1.90. The van der Waals surface area contributed by atoms with E-state index in [0.717, 1.165) is 24.5 Å². The highest BCUT2D eigenvalue weighted by molar-refractivity contribution is 5.48. The predicted molar refractivity (Wildman–Crippen MR) is 70.4 cm³/mol. The molecular formula is C14H18N2O. The van der Waals surface area contributed by atoms with E-state index < -0.39 is 0 Å². The van der Waals surface area contributed by atoms with Crippen LogP contribution in [-0.2, 0) is 13.1 Å². The summed E-state index contributed by atoms with van der Waals surface area (Å²) >= 11 is 0. The van der Waals surface area contributed by atoms with Crippen LogP contribution in [0.5, 0.6) is 5.75 Å². The van der Waals surface area contributed by atoms with Crippen LogP contribution in [-0.4, -0.2) is 11.7 Å². The number of hydrogen-bond acceptors (Lipinski definition) is 2. The molecule has 0 aliphatic carbocycles. The molecule has 0 aliphatic heterocycles. The topological polar surface area (TPSA) is 26.2 Å². The largest absolute Gasteiger partial charge is 0.497 e. The van der Waals surface area contributed by atoms with E-state index in [1.165, 1.54) is 5.69 Å². The normalized spacial score (nSPS) is 10.2. The molecule has 0 spiro atoms. The van der Waals surface area contributed by atoms with Crippen molar-refractivity contribution in [1.82, 2.24) is 4.57 Å². The van der Waals surface area contributed by atoms with Gasteiger partial charge in [0.2, 0.25) is 0 Å². The highest BCUT2D eigenvalue weighted by atomic mass is 16.5. The molecule has 3 heteroatoms. The minimum Gasteiger partial charge on any atom is -0.497 e. The Morgan fingerprint density at radius 2 is 2.12 bits per heavy atom. The van der Waals surface area contributed by atoms with Gasteiger partial charge in [0, 0.05) is 30.2 Å². The fourth-order valence-corrected chi connectivity index (χ4v) is 1.84. The molecule has 17 heavy (non-hydrogen) atoms. The van der Waals surface area contributed by atoms with E-state index in [0.29, 0.717) is 0 Å². The molecule has 0 saturated carbocycles. The van der Waals surface area contributed by atoms with Gasteiger partial charge in [0.25, 0.3) is 0 Å². The van der Waals surface area contributed by atoms with Crippen molar-refractivity contribution in [2.75, 3.05) is 12.4 Å². The van der Waals surface area contributed by atoms with Crippen LogP contribution in [0.25, 0.3) is 0 Å². The second kappa shape index (κ2) is 5.43. The van der Waals surface area contributed by atoms with Gasteiger partial charge < -0.3 is 14.6 Å². The molecule has 3 nitrogen and oxygen atoms in total. The second-order valence-corrected chi connectivity index (χ2v) is 3.87. The van der Waals surface area contributed by atoms with Crippen molar-refractivity contribution < 1.29 is 4.74 Å². The van der Waals surface area contributed by atoms with Crippen LogP contribution < -0.4 is 10.1 Å². The molecule has 0 aliphatic rings. The minimum absolute atomic E-state index is 0.827. The van der Waals surface area contributed by atoms with Crippen molar-refractivity contribution in [2.45, 2.75) is 20.0 Å². The third kappa shape index (κ3) is 2.81. The number of aryl methyl sites for hydroxylation is 1. The first-order valence-corrected chi connectivity index (χ1v) is 5.85. The summed E-state index contributed by atoms with van der Waals surface area (Å²) in [6, 6.07) is 12.2. The van der Waals surface area contributed by atoms with Gasteiger partial charge in [-0.3, -0.25) is 0 Å². The molecule has 1 aromatic carbocycles. The zero-order valence-corrected chi connectivity index (χ0v) is 10.3. The van der Waals surface area contributed by atoms with Crippen LogP contribution in [0, 0.1) is 0 Å². The van der Waals surface area contributed by atoms with Gasteiger partial charge in [-0.15, -0.1) is 0 Å². The Labute approximate surface area is 102 Å². The predicted octanol–water partition coefficient (Wildman–Crippen LogP) is 3.13. The van der Waals surface area contributed by atoms with Crippen LogP contribution in [0.2, 0.25) is 0 Å². The van der Waals surface area contributed by atoms with Crippen molar-refractivity contribution in [3.05, 3.63) is 48.3 Å². The molecule has 2 rings (SSSR count). The Morgan fingerprint density at radius 1 is 1.24 bits per heavy atom. The van der Waals surface area contributed by atoms with Crippen molar-refractivity contribution >= 4 is 5.69 Å². The highest BCUT2D eigenvalue weighted by Gasteiger charge is 1.99. The Balaban J connectivity index is 2.02. The SMILES string of the molecule is CCn1cccc1CNc1cccc(OC)c1. The molecule has 0 amide bonds. The fraction of sp³-hybridized carbons (Fsp3) is 0.286. The summed E-state index contributed by atoms with van der Waals surface area (Å²) in [5.41, 5.74) is 2.36. The molecule has 1 N–H and O–H groups in total. The number of benzene rings is 1. The van der Waals surface area contributed by atoms with E-state index in [4.69, 9.17) is 4.74 Å². The van der Waals surface area contributed by atoms with Gasteiger partial charge in [0.05, 0.1) is 13.7 Å². The van der Waals surface area contributed by atoms with Gasteiger partial charge in [0.1, 0.15) is 5.75 Å².